The van der Waals surface area contributed by atoms with E-state index in [9.17, 15) is 0 Å². The Kier molecular flexibility index (Phi) is 4.00. The SMILES string of the molecule is Cc1cccc(CC(CN)c2c[nH]c3ccc(Cl)cc23)c1. The molecule has 2 aromatic carbocycles. The highest BCUT2D eigenvalue weighted by Gasteiger charge is 2.15. The summed E-state index contributed by atoms with van der Waals surface area (Å²) in [5.41, 5.74) is 11.0. The lowest BCUT2D eigenvalue weighted by molar-refractivity contribution is 0.699. The highest BCUT2D eigenvalue weighted by Crippen LogP contribution is 2.29. The lowest BCUT2D eigenvalue weighted by Crippen LogP contribution is -2.14. The molecule has 0 aliphatic rings. The Labute approximate surface area is 129 Å². The number of rotatable bonds is 4. The molecule has 0 amide bonds. The van der Waals surface area contributed by atoms with Gasteiger partial charge in [-0.05, 0) is 49.2 Å². The summed E-state index contributed by atoms with van der Waals surface area (Å²) in [6, 6.07) is 14.5. The number of fused-ring (bicyclic) bond motifs is 1. The van der Waals surface area contributed by atoms with Crippen LogP contribution in [-0.2, 0) is 6.42 Å². The Hall–Kier alpha value is -1.77. The minimum absolute atomic E-state index is 0.291. The first kappa shape index (κ1) is 14.2. The molecule has 0 spiro atoms. The fourth-order valence-corrected chi connectivity index (χ4v) is 3.07. The van der Waals surface area contributed by atoms with Crippen molar-refractivity contribution in [3.63, 3.8) is 0 Å². The van der Waals surface area contributed by atoms with Gasteiger partial charge in [-0.25, -0.2) is 0 Å². The van der Waals surface area contributed by atoms with E-state index in [1.807, 2.05) is 18.2 Å². The van der Waals surface area contributed by atoms with Crippen LogP contribution in [0.15, 0.2) is 48.7 Å². The fourth-order valence-electron chi connectivity index (χ4n) is 2.90. The van der Waals surface area contributed by atoms with Crippen LogP contribution in [0.4, 0.5) is 0 Å². The number of aromatic amines is 1. The lowest BCUT2D eigenvalue weighted by Gasteiger charge is -2.15. The zero-order valence-corrected chi connectivity index (χ0v) is 12.8. The zero-order valence-electron chi connectivity index (χ0n) is 12.1. The van der Waals surface area contributed by atoms with Gasteiger partial charge in [0.1, 0.15) is 0 Å². The number of hydrogen-bond donors (Lipinski definition) is 2. The van der Waals surface area contributed by atoms with Crippen molar-refractivity contribution in [3.8, 4) is 0 Å². The summed E-state index contributed by atoms with van der Waals surface area (Å²) < 4.78 is 0. The minimum Gasteiger partial charge on any atom is -0.361 e. The Morgan fingerprint density at radius 1 is 1.19 bits per heavy atom. The van der Waals surface area contributed by atoms with Crippen LogP contribution in [0.5, 0.6) is 0 Å². The molecule has 3 heteroatoms. The topological polar surface area (TPSA) is 41.8 Å². The molecule has 3 rings (SSSR count). The van der Waals surface area contributed by atoms with E-state index in [-0.39, 0.29) is 0 Å². The first-order chi connectivity index (χ1) is 10.2. The van der Waals surface area contributed by atoms with Gasteiger partial charge in [0.25, 0.3) is 0 Å². The van der Waals surface area contributed by atoms with Crippen LogP contribution in [0, 0.1) is 6.92 Å². The molecule has 1 atom stereocenters. The van der Waals surface area contributed by atoms with Crippen LogP contribution < -0.4 is 5.73 Å². The molecular weight excluding hydrogens is 280 g/mol. The number of nitrogens with two attached hydrogens (primary N) is 1. The van der Waals surface area contributed by atoms with E-state index in [2.05, 4.69) is 42.4 Å². The van der Waals surface area contributed by atoms with Crippen LogP contribution >= 0.6 is 11.6 Å². The minimum atomic E-state index is 0.291. The number of halogens is 1. The molecule has 1 heterocycles. The van der Waals surface area contributed by atoms with Gasteiger partial charge in [0.2, 0.25) is 0 Å². The van der Waals surface area contributed by atoms with Gasteiger partial charge >= 0.3 is 0 Å². The summed E-state index contributed by atoms with van der Waals surface area (Å²) in [6.07, 6.45) is 3.01. The summed E-state index contributed by atoms with van der Waals surface area (Å²) in [7, 11) is 0. The van der Waals surface area contributed by atoms with Crippen molar-refractivity contribution in [2.75, 3.05) is 6.54 Å². The van der Waals surface area contributed by atoms with E-state index in [0.29, 0.717) is 12.5 Å². The van der Waals surface area contributed by atoms with Crippen molar-refractivity contribution in [1.29, 1.82) is 0 Å². The van der Waals surface area contributed by atoms with Crippen molar-refractivity contribution in [1.82, 2.24) is 4.98 Å². The van der Waals surface area contributed by atoms with Gasteiger partial charge in [-0.15, -0.1) is 0 Å². The normalized spacial score (nSPS) is 12.7. The average molecular weight is 299 g/mol. The number of H-pyrrole nitrogens is 1. The van der Waals surface area contributed by atoms with Crippen LogP contribution in [0.3, 0.4) is 0 Å². The van der Waals surface area contributed by atoms with Gasteiger partial charge in [0.05, 0.1) is 0 Å². The van der Waals surface area contributed by atoms with E-state index in [4.69, 9.17) is 17.3 Å². The smallest absolute Gasteiger partial charge is 0.0457 e. The molecular formula is C18H19ClN2. The fraction of sp³-hybridized carbons (Fsp3) is 0.222. The number of aryl methyl sites for hydroxylation is 1. The van der Waals surface area contributed by atoms with Gasteiger partial charge in [-0.2, -0.15) is 0 Å². The molecule has 1 unspecified atom stereocenters. The Balaban J connectivity index is 1.96. The van der Waals surface area contributed by atoms with E-state index in [1.165, 1.54) is 22.1 Å². The van der Waals surface area contributed by atoms with Crippen LogP contribution in [0.25, 0.3) is 10.9 Å². The maximum absolute atomic E-state index is 6.13. The molecule has 108 valence electrons. The summed E-state index contributed by atoms with van der Waals surface area (Å²) in [5.74, 6) is 0.291. The van der Waals surface area contributed by atoms with Crippen LogP contribution in [-0.4, -0.2) is 11.5 Å². The van der Waals surface area contributed by atoms with E-state index in [1.54, 1.807) is 0 Å². The van der Waals surface area contributed by atoms with Gasteiger partial charge in [0.15, 0.2) is 0 Å². The van der Waals surface area contributed by atoms with Crippen molar-refractivity contribution >= 4 is 22.5 Å². The molecule has 0 fully saturated rings. The Morgan fingerprint density at radius 3 is 2.81 bits per heavy atom. The summed E-state index contributed by atoms with van der Waals surface area (Å²) in [5, 5.41) is 1.93. The molecule has 21 heavy (non-hydrogen) atoms. The van der Waals surface area contributed by atoms with Crippen molar-refractivity contribution in [2.24, 2.45) is 5.73 Å². The number of benzene rings is 2. The molecule has 3 aromatic rings. The second kappa shape index (κ2) is 5.92. The van der Waals surface area contributed by atoms with Crippen molar-refractivity contribution in [2.45, 2.75) is 19.3 Å². The molecule has 0 saturated carbocycles. The lowest BCUT2D eigenvalue weighted by atomic mass is 9.91. The van der Waals surface area contributed by atoms with Crippen LogP contribution in [0.2, 0.25) is 5.02 Å². The number of nitrogens with one attached hydrogen (secondary N) is 1. The van der Waals surface area contributed by atoms with E-state index in [0.717, 1.165) is 17.0 Å². The first-order valence-corrected chi connectivity index (χ1v) is 7.57. The summed E-state index contributed by atoms with van der Waals surface area (Å²) >= 11 is 6.13. The molecule has 0 aliphatic carbocycles. The quantitative estimate of drug-likeness (QED) is 0.736. The standard InChI is InChI=1S/C18H19ClN2/c1-12-3-2-4-13(7-12)8-14(10-20)17-11-21-18-6-5-15(19)9-16(17)18/h2-7,9,11,14,21H,8,10,20H2,1H3. The van der Waals surface area contributed by atoms with Gasteiger partial charge in [-0.1, -0.05) is 41.4 Å². The molecule has 0 bridgehead atoms. The second-order valence-electron chi connectivity index (χ2n) is 5.56. The van der Waals surface area contributed by atoms with Crippen LogP contribution in [0.1, 0.15) is 22.6 Å². The molecule has 2 nitrogen and oxygen atoms in total. The maximum Gasteiger partial charge on any atom is 0.0457 e. The third-order valence-corrected chi connectivity index (χ3v) is 4.20. The molecule has 3 N–H and O–H groups in total. The maximum atomic E-state index is 6.13. The van der Waals surface area contributed by atoms with Gasteiger partial charge < -0.3 is 10.7 Å². The number of aromatic nitrogens is 1. The van der Waals surface area contributed by atoms with Crippen molar-refractivity contribution in [3.05, 3.63) is 70.4 Å². The third kappa shape index (κ3) is 2.97. The highest BCUT2D eigenvalue weighted by atomic mass is 35.5. The summed E-state index contributed by atoms with van der Waals surface area (Å²) in [4.78, 5) is 3.31. The largest absolute Gasteiger partial charge is 0.361 e. The van der Waals surface area contributed by atoms with Crippen molar-refractivity contribution < 1.29 is 0 Å². The second-order valence-corrected chi connectivity index (χ2v) is 6.00. The summed E-state index contributed by atoms with van der Waals surface area (Å²) in [6.45, 7) is 2.74. The predicted octanol–water partition coefficient (Wildman–Crippen LogP) is 4.41. The van der Waals surface area contributed by atoms with E-state index >= 15 is 0 Å². The highest BCUT2D eigenvalue weighted by molar-refractivity contribution is 6.31. The predicted molar refractivity (Wildman–Crippen MR) is 90.0 cm³/mol. The molecule has 0 saturated heterocycles. The zero-order chi connectivity index (χ0) is 14.8. The third-order valence-electron chi connectivity index (χ3n) is 3.96. The van der Waals surface area contributed by atoms with E-state index < -0.39 is 0 Å². The molecule has 1 aromatic heterocycles. The number of hydrogen-bond acceptors (Lipinski definition) is 1. The molecule has 0 aliphatic heterocycles. The Morgan fingerprint density at radius 2 is 2.05 bits per heavy atom. The Bertz CT molecular complexity index is 761. The van der Waals surface area contributed by atoms with Gasteiger partial charge in [0, 0.05) is 28.0 Å². The average Bonchev–Trinajstić information content (AvgIpc) is 2.88. The van der Waals surface area contributed by atoms with Gasteiger partial charge in [-0.3, -0.25) is 0 Å². The monoisotopic (exact) mass is 298 g/mol. The first-order valence-electron chi connectivity index (χ1n) is 7.19. The molecule has 0 radical (unpaired) electrons.